The lowest BCUT2D eigenvalue weighted by Crippen LogP contribution is -2.25. The molecular weight excluding hydrogens is 242 g/mol. The zero-order valence-electron chi connectivity index (χ0n) is 10.6. The first-order chi connectivity index (χ1) is 8.74. The second-order valence-corrected chi connectivity index (χ2v) is 5.60. The van der Waals surface area contributed by atoms with E-state index in [-0.39, 0.29) is 0 Å². The van der Waals surface area contributed by atoms with Crippen LogP contribution in [0.25, 0.3) is 0 Å². The van der Waals surface area contributed by atoms with E-state index in [9.17, 15) is 5.11 Å². The van der Waals surface area contributed by atoms with Crippen molar-refractivity contribution in [2.45, 2.75) is 32.4 Å². The molecule has 18 heavy (non-hydrogen) atoms. The average molecular weight is 261 g/mol. The van der Waals surface area contributed by atoms with Crippen LogP contribution in [0.15, 0.2) is 41.8 Å². The maximum atomic E-state index is 9.21. The van der Waals surface area contributed by atoms with Gasteiger partial charge in [0.05, 0.1) is 0 Å². The van der Waals surface area contributed by atoms with E-state index in [1.165, 1.54) is 10.4 Å². The molecule has 0 amide bonds. The zero-order valence-corrected chi connectivity index (χ0v) is 11.4. The molecule has 1 atom stereocenters. The summed E-state index contributed by atoms with van der Waals surface area (Å²) in [6.07, 6.45) is 2.15. The van der Waals surface area contributed by atoms with Gasteiger partial charge in [-0.1, -0.05) is 18.2 Å². The summed E-state index contributed by atoms with van der Waals surface area (Å²) in [7, 11) is 0. The topological polar surface area (TPSA) is 32.3 Å². The van der Waals surface area contributed by atoms with Crippen LogP contribution in [0.5, 0.6) is 5.75 Å². The molecule has 2 nitrogen and oxygen atoms in total. The van der Waals surface area contributed by atoms with E-state index in [0.29, 0.717) is 11.8 Å². The molecule has 1 unspecified atom stereocenters. The molecule has 0 aliphatic heterocycles. The van der Waals surface area contributed by atoms with Crippen molar-refractivity contribution < 1.29 is 5.11 Å². The number of rotatable bonds is 6. The monoisotopic (exact) mass is 261 g/mol. The van der Waals surface area contributed by atoms with Crippen molar-refractivity contribution in [1.82, 2.24) is 5.32 Å². The van der Waals surface area contributed by atoms with Gasteiger partial charge in [0.15, 0.2) is 0 Å². The quantitative estimate of drug-likeness (QED) is 0.833. The molecule has 3 heteroatoms. The highest BCUT2D eigenvalue weighted by molar-refractivity contribution is 7.09. The van der Waals surface area contributed by atoms with Gasteiger partial charge in [-0.3, -0.25) is 0 Å². The van der Waals surface area contributed by atoms with E-state index in [2.05, 4.69) is 29.8 Å². The van der Waals surface area contributed by atoms with Crippen molar-refractivity contribution in [2.75, 3.05) is 0 Å². The van der Waals surface area contributed by atoms with Gasteiger partial charge >= 0.3 is 0 Å². The number of aryl methyl sites for hydroxylation is 1. The second kappa shape index (κ2) is 6.57. The van der Waals surface area contributed by atoms with Crippen LogP contribution < -0.4 is 5.32 Å². The molecule has 0 saturated heterocycles. The molecule has 1 aromatic carbocycles. The summed E-state index contributed by atoms with van der Waals surface area (Å²) < 4.78 is 0. The summed E-state index contributed by atoms with van der Waals surface area (Å²) in [5.74, 6) is 0.336. The number of benzene rings is 1. The lowest BCUT2D eigenvalue weighted by Gasteiger charge is -2.13. The van der Waals surface area contributed by atoms with Gasteiger partial charge in [0.2, 0.25) is 0 Å². The van der Waals surface area contributed by atoms with Crippen molar-refractivity contribution in [3.63, 3.8) is 0 Å². The average Bonchev–Trinajstić information content (AvgIpc) is 2.89. The molecule has 0 spiro atoms. The van der Waals surface area contributed by atoms with E-state index in [0.717, 1.165) is 19.4 Å². The van der Waals surface area contributed by atoms with Crippen LogP contribution in [0, 0.1) is 0 Å². The van der Waals surface area contributed by atoms with Crippen molar-refractivity contribution in [2.24, 2.45) is 0 Å². The minimum atomic E-state index is 0.336. The predicted molar refractivity (Wildman–Crippen MR) is 77.0 cm³/mol. The largest absolute Gasteiger partial charge is 0.508 e. The Kier molecular flexibility index (Phi) is 4.79. The Labute approximate surface area is 112 Å². The Morgan fingerprint density at radius 3 is 2.67 bits per heavy atom. The van der Waals surface area contributed by atoms with Crippen molar-refractivity contribution >= 4 is 11.3 Å². The van der Waals surface area contributed by atoms with Gasteiger partial charge in [-0.25, -0.2) is 0 Å². The number of phenols is 1. The van der Waals surface area contributed by atoms with Gasteiger partial charge in [0.1, 0.15) is 5.75 Å². The van der Waals surface area contributed by atoms with Crippen LogP contribution >= 0.6 is 11.3 Å². The third-order valence-electron chi connectivity index (χ3n) is 3.01. The Morgan fingerprint density at radius 2 is 2.00 bits per heavy atom. The van der Waals surface area contributed by atoms with Gasteiger partial charge in [0, 0.05) is 17.5 Å². The molecule has 1 heterocycles. The first-order valence-electron chi connectivity index (χ1n) is 6.28. The molecule has 0 fully saturated rings. The van der Waals surface area contributed by atoms with Crippen molar-refractivity contribution in [1.29, 1.82) is 0 Å². The number of nitrogens with one attached hydrogen (secondary N) is 1. The van der Waals surface area contributed by atoms with E-state index in [1.807, 2.05) is 12.1 Å². The van der Waals surface area contributed by atoms with Gasteiger partial charge in [-0.05, 0) is 48.9 Å². The third-order valence-corrected chi connectivity index (χ3v) is 3.88. The fourth-order valence-electron chi connectivity index (χ4n) is 1.84. The molecule has 0 radical (unpaired) electrons. The van der Waals surface area contributed by atoms with Gasteiger partial charge in [-0.2, -0.15) is 0 Å². The summed E-state index contributed by atoms with van der Waals surface area (Å²) in [5.41, 5.74) is 1.28. The second-order valence-electron chi connectivity index (χ2n) is 4.57. The van der Waals surface area contributed by atoms with E-state index in [1.54, 1.807) is 23.5 Å². The summed E-state index contributed by atoms with van der Waals surface area (Å²) in [4.78, 5) is 1.38. The number of hydrogen-bond donors (Lipinski definition) is 2. The Balaban J connectivity index is 1.71. The lowest BCUT2D eigenvalue weighted by molar-refractivity contribution is 0.474. The first-order valence-corrected chi connectivity index (χ1v) is 7.15. The van der Waals surface area contributed by atoms with Crippen LogP contribution in [0.2, 0.25) is 0 Å². The van der Waals surface area contributed by atoms with Gasteiger partial charge in [-0.15, -0.1) is 11.3 Å². The Bertz CT molecular complexity index is 450. The predicted octanol–water partition coefficient (Wildman–Crippen LogP) is 3.56. The van der Waals surface area contributed by atoms with E-state index in [4.69, 9.17) is 0 Å². The van der Waals surface area contributed by atoms with Gasteiger partial charge in [0.25, 0.3) is 0 Å². The number of aromatic hydroxyl groups is 1. The fraction of sp³-hybridized carbons (Fsp3) is 0.333. The van der Waals surface area contributed by atoms with E-state index >= 15 is 0 Å². The Morgan fingerprint density at radius 1 is 1.22 bits per heavy atom. The minimum absolute atomic E-state index is 0.336. The molecule has 96 valence electrons. The maximum absolute atomic E-state index is 9.21. The van der Waals surface area contributed by atoms with Crippen LogP contribution in [-0.2, 0) is 13.0 Å². The highest BCUT2D eigenvalue weighted by Gasteiger charge is 2.03. The molecule has 0 aliphatic rings. The molecule has 2 N–H and O–H groups in total. The maximum Gasteiger partial charge on any atom is 0.115 e. The SMILES string of the molecule is CC(CCc1ccc(O)cc1)NCc1cccs1. The minimum Gasteiger partial charge on any atom is -0.508 e. The molecular formula is C15H19NOS. The summed E-state index contributed by atoms with van der Waals surface area (Å²) in [6, 6.07) is 12.2. The molecule has 0 saturated carbocycles. The number of hydrogen-bond acceptors (Lipinski definition) is 3. The fourth-order valence-corrected chi connectivity index (χ4v) is 2.49. The number of thiophene rings is 1. The van der Waals surface area contributed by atoms with Gasteiger partial charge < -0.3 is 10.4 Å². The molecule has 2 aromatic rings. The van der Waals surface area contributed by atoms with Crippen LogP contribution in [0.4, 0.5) is 0 Å². The summed E-state index contributed by atoms with van der Waals surface area (Å²) in [5, 5.41) is 14.8. The first kappa shape index (κ1) is 13.1. The lowest BCUT2D eigenvalue weighted by atomic mass is 10.1. The van der Waals surface area contributed by atoms with Crippen molar-refractivity contribution in [3.05, 3.63) is 52.2 Å². The standard InChI is InChI=1S/C15H19NOS/c1-12(16-11-15-3-2-10-18-15)4-5-13-6-8-14(17)9-7-13/h2-3,6-10,12,16-17H,4-5,11H2,1H3. The normalized spacial score (nSPS) is 12.5. The molecule has 0 aliphatic carbocycles. The zero-order chi connectivity index (χ0) is 12.8. The third kappa shape index (κ3) is 4.17. The molecule has 1 aromatic heterocycles. The van der Waals surface area contributed by atoms with E-state index < -0.39 is 0 Å². The van der Waals surface area contributed by atoms with Crippen LogP contribution in [-0.4, -0.2) is 11.1 Å². The Hall–Kier alpha value is -1.32. The summed E-state index contributed by atoms with van der Waals surface area (Å²) >= 11 is 1.79. The highest BCUT2D eigenvalue weighted by Crippen LogP contribution is 2.12. The van der Waals surface area contributed by atoms with Crippen LogP contribution in [0.1, 0.15) is 23.8 Å². The smallest absolute Gasteiger partial charge is 0.115 e. The number of phenolic OH excluding ortho intramolecular Hbond substituents is 1. The molecule has 2 rings (SSSR count). The summed E-state index contributed by atoms with van der Waals surface area (Å²) in [6.45, 7) is 3.17. The highest BCUT2D eigenvalue weighted by atomic mass is 32.1. The molecule has 0 bridgehead atoms. The van der Waals surface area contributed by atoms with Crippen molar-refractivity contribution in [3.8, 4) is 5.75 Å². The van der Waals surface area contributed by atoms with Crippen LogP contribution in [0.3, 0.4) is 0 Å².